The van der Waals surface area contributed by atoms with Gasteiger partial charge in [0.15, 0.2) is 17.7 Å². The first-order valence-electron chi connectivity index (χ1n) is 9.26. The molecule has 0 aliphatic carbocycles. The maximum atomic E-state index is 14.3. The number of aromatic nitrogens is 1. The summed E-state index contributed by atoms with van der Waals surface area (Å²) >= 11 is 0. The Labute approximate surface area is 178 Å². The van der Waals surface area contributed by atoms with Crippen molar-refractivity contribution in [2.75, 3.05) is 12.4 Å². The number of nitrogens with two attached hydrogens (primary N) is 1. The average molecular weight is 459 g/mol. The molecule has 7 nitrogen and oxygen atoms in total. The molecule has 1 aliphatic rings. The van der Waals surface area contributed by atoms with Gasteiger partial charge in [-0.1, -0.05) is 13.0 Å². The van der Waals surface area contributed by atoms with Gasteiger partial charge in [0.05, 0.1) is 7.11 Å². The SMILES string of the molecule is COc1c([C@@H]2[C@@H](C)[C@@H](C(F)(F)F)O[C@H]2C(=O)Nc2ccnc(C(N)=O)c2)ccc(F)c1F. The summed E-state index contributed by atoms with van der Waals surface area (Å²) in [6.07, 6.45) is -7.74. The number of primary amides is 1. The highest BCUT2D eigenvalue weighted by Gasteiger charge is 2.57. The first kappa shape index (κ1) is 23.4. The minimum absolute atomic E-state index is 0.0292. The van der Waals surface area contributed by atoms with Crippen molar-refractivity contribution in [2.24, 2.45) is 11.7 Å². The molecule has 1 aromatic carbocycles. The Kier molecular flexibility index (Phi) is 6.35. The molecule has 1 aromatic heterocycles. The van der Waals surface area contributed by atoms with Crippen LogP contribution in [0, 0.1) is 17.6 Å². The van der Waals surface area contributed by atoms with Crippen LogP contribution in [0.25, 0.3) is 0 Å². The Bertz CT molecular complexity index is 1050. The number of hydrogen-bond acceptors (Lipinski definition) is 5. The molecule has 4 atom stereocenters. The number of benzene rings is 1. The van der Waals surface area contributed by atoms with E-state index in [2.05, 4.69) is 10.3 Å². The van der Waals surface area contributed by atoms with E-state index in [4.69, 9.17) is 15.2 Å². The zero-order chi connectivity index (χ0) is 23.8. The van der Waals surface area contributed by atoms with Crippen molar-refractivity contribution in [3.63, 3.8) is 0 Å². The van der Waals surface area contributed by atoms with E-state index in [1.165, 1.54) is 19.2 Å². The molecule has 0 unspecified atom stereocenters. The van der Waals surface area contributed by atoms with E-state index in [1.807, 2.05) is 0 Å². The van der Waals surface area contributed by atoms with E-state index in [9.17, 15) is 31.5 Å². The van der Waals surface area contributed by atoms with E-state index >= 15 is 0 Å². The average Bonchev–Trinajstić information content (AvgIpc) is 3.07. The number of amides is 2. The lowest BCUT2D eigenvalue weighted by Gasteiger charge is -2.24. The van der Waals surface area contributed by atoms with Gasteiger partial charge in [0.1, 0.15) is 11.8 Å². The lowest BCUT2D eigenvalue weighted by molar-refractivity contribution is -0.221. The number of carbonyl (C=O) groups is 2. The van der Waals surface area contributed by atoms with Crippen LogP contribution in [0.15, 0.2) is 30.5 Å². The minimum Gasteiger partial charge on any atom is -0.493 e. The number of hydrogen-bond donors (Lipinski definition) is 2. The third-order valence-electron chi connectivity index (χ3n) is 5.17. The van der Waals surface area contributed by atoms with Crippen LogP contribution in [0.5, 0.6) is 5.75 Å². The van der Waals surface area contributed by atoms with Crippen LogP contribution in [0.1, 0.15) is 28.9 Å². The first-order chi connectivity index (χ1) is 15.0. The van der Waals surface area contributed by atoms with Crippen molar-refractivity contribution in [1.82, 2.24) is 4.98 Å². The van der Waals surface area contributed by atoms with Crippen LogP contribution in [0.3, 0.4) is 0 Å². The zero-order valence-electron chi connectivity index (χ0n) is 16.7. The Morgan fingerprint density at radius 3 is 2.50 bits per heavy atom. The molecule has 1 fully saturated rings. The Balaban J connectivity index is 2.02. The molecule has 3 N–H and O–H groups in total. The summed E-state index contributed by atoms with van der Waals surface area (Å²) in [5.74, 6) is -7.83. The van der Waals surface area contributed by atoms with E-state index in [0.29, 0.717) is 0 Å². The van der Waals surface area contributed by atoms with Crippen LogP contribution in [0.4, 0.5) is 27.6 Å². The van der Waals surface area contributed by atoms with Gasteiger partial charge in [0.25, 0.3) is 11.8 Å². The molecular formula is C20H18F5N3O4. The summed E-state index contributed by atoms with van der Waals surface area (Å²) in [6.45, 7) is 1.19. The fourth-order valence-electron chi connectivity index (χ4n) is 3.75. The fourth-order valence-corrected chi connectivity index (χ4v) is 3.75. The molecule has 0 spiro atoms. The largest absolute Gasteiger partial charge is 0.493 e. The highest BCUT2D eigenvalue weighted by atomic mass is 19.4. The van der Waals surface area contributed by atoms with Gasteiger partial charge in [-0.3, -0.25) is 14.6 Å². The predicted molar refractivity (Wildman–Crippen MR) is 101 cm³/mol. The van der Waals surface area contributed by atoms with Crippen molar-refractivity contribution >= 4 is 17.5 Å². The Morgan fingerprint density at radius 2 is 1.91 bits per heavy atom. The predicted octanol–water partition coefficient (Wildman–Crippen LogP) is 3.16. The molecule has 1 aliphatic heterocycles. The van der Waals surface area contributed by atoms with Gasteiger partial charge in [0, 0.05) is 29.3 Å². The summed E-state index contributed by atoms with van der Waals surface area (Å²) < 4.78 is 78.5. The standard InChI is InChI=1S/C20H18F5N3O4/c1-8-13(10-3-4-11(21)14(22)15(10)31-2)16(32-17(8)20(23,24)25)19(30)28-9-5-6-27-12(7-9)18(26)29/h3-8,13,16-17H,1-2H3,(H2,26,29)(H,27,28,30)/t8-,13+,16-,17+/m1/s1. The monoisotopic (exact) mass is 459 g/mol. The third kappa shape index (κ3) is 4.35. The molecule has 2 aromatic rings. The van der Waals surface area contributed by atoms with E-state index in [1.54, 1.807) is 0 Å². The molecule has 0 bridgehead atoms. The van der Waals surface area contributed by atoms with Gasteiger partial charge in [0.2, 0.25) is 5.82 Å². The van der Waals surface area contributed by atoms with Gasteiger partial charge < -0.3 is 20.5 Å². The number of alkyl halides is 3. The number of nitrogens with one attached hydrogen (secondary N) is 1. The Hall–Kier alpha value is -3.28. The van der Waals surface area contributed by atoms with Gasteiger partial charge >= 0.3 is 6.18 Å². The van der Waals surface area contributed by atoms with Crippen molar-refractivity contribution in [3.8, 4) is 5.75 Å². The molecule has 0 radical (unpaired) electrons. The lowest BCUT2D eigenvalue weighted by Crippen LogP contribution is -2.35. The van der Waals surface area contributed by atoms with Gasteiger partial charge in [-0.15, -0.1) is 0 Å². The highest BCUT2D eigenvalue weighted by molar-refractivity contribution is 5.97. The zero-order valence-corrected chi connectivity index (χ0v) is 16.7. The Morgan fingerprint density at radius 1 is 1.22 bits per heavy atom. The second kappa shape index (κ2) is 8.69. The van der Waals surface area contributed by atoms with Crippen molar-refractivity contribution in [3.05, 3.63) is 53.4 Å². The lowest BCUT2D eigenvalue weighted by atomic mass is 9.81. The van der Waals surface area contributed by atoms with Crippen LogP contribution >= 0.6 is 0 Å². The van der Waals surface area contributed by atoms with Gasteiger partial charge in [-0.25, -0.2) is 4.39 Å². The second-order valence-electron chi connectivity index (χ2n) is 7.17. The summed E-state index contributed by atoms with van der Waals surface area (Å²) in [6, 6.07) is 4.21. The maximum absolute atomic E-state index is 14.3. The van der Waals surface area contributed by atoms with E-state index < -0.39 is 59.4 Å². The number of methoxy groups -OCH3 is 1. The van der Waals surface area contributed by atoms with E-state index in [-0.39, 0.29) is 16.9 Å². The van der Waals surface area contributed by atoms with Gasteiger partial charge in [-0.2, -0.15) is 17.6 Å². The number of nitrogens with zero attached hydrogens (tertiary/aromatic N) is 1. The summed E-state index contributed by atoms with van der Waals surface area (Å²) in [5, 5.41) is 2.35. The van der Waals surface area contributed by atoms with Gasteiger partial charge in [-0.05, 0) is 18.2 Å². The quantitative estimate of drug-likeness (QED) is 0.669. The number of pyridine rings is 1. The van der Waals surface area contributed by atoms with E-state index in [0.717, 1.165) is 25.3 Å². The van der Waals surface area contributed by atoms with Crippen molar-refractivity contribution < 1.29 is 41.0 Å². The number of halogens is 5. The molecule has 3 rings (SSSR count). The molecule has 32 heavy (non-hydrogen) atoms. The molecule has 2 amide bonds. The summed E-state index contributed by atoms with van der Waals surface area (Å²) in [4.78, 5) is 27.9. The van der Waals surface area contributed by atoms with Crippen LogP contribution in [-0.2, 0) is 9.53 Å². The number of ether oxygens (including phenoxy) is 2. The van der Waals surface area contributed by atoms with Crippen LogP contribution in [0.2, 0.25) is 0 Å². The van der Waals surface area contributed by atoms with Crippen LogP contribution in [-0.4, -0.2) is 42.3 Å². The smallest absolute Gasteiger partial charge is 0.414 e. The van der Waals surface area contributed by atoms with Crippen LogP contribution < -0.4 is 15.8 Å². The molecular weight excluding hydrogens is 441 g/mol. The molecule has 12 heteroatoms. The molecule has 172 valence electrons. The topological polar surface area (TPSA) is 104 Å². The maximum Gasteiger partial charge on any atom is 0.414 e. The molecule has 2 heterocycles. The van der Waals surface area contributed by atoms with Crippen molar-refractivity contribution in [1.29, 1.82) is 0 Å². The van der Waals surface area contributed by atoms with Crippen molar-refractivity contribution in [2.45, 2.75) is 31.2 Å². The third-order valence-corrected chi connectivity index (χ3v) is 5.17. The number of carbonyl (C=O) groups excluding carboxylic acids is 2. The highest BCUT2D eigenvalue weighted by Crippen LogP contribution is 2.49. The summed E-state index contributed by atoms with van der Waals surface area (Å²) in [7, 11) is 1.03. The second-order valence-corrected chi connectivity index (χ2v) is 7.17. The molecule has 0 saturated carbocycles. The molecule has 1 saturated heterocycles. The minimum atomic E-state index is -4.83. The fraction of sp³-hybridized carbons (Fsp3) is 0.350. The number of rotatable bonds is 5. The summed E-state index contributed by atoms with van der Waals surface area (Å²) in [5.41, 5.74) is 4.82. The first-order valence-corrected chi connectivity index (χ1v) is 9.26. The number of anilines is 1. The normalized spacial score (nSPS) is 23.1.